The number of hydrogen-bond acceptors (Lipinski definition) is 4. The zero-order chi connectivity index (χ0) is 12.8. The van der Waals surface area contributed by atoms with Crippen molar-refractivity contribution >= 4 is 0 Å². The molecule has 0 atom stereocenters. The first kappa shape index (κ1) is 13.2. The van der Waals surface area contributed by atoms with Crippen LogP contribution in [0.1, 0.15) is 24.3 Å². The molecule has 18 heavy (non-hydrogen) atoms. The van der Waals surface area contributed by atoms with E-state index in [1.54, 1.807) is 14.2 Å². The highest BCUT2D eigenvalue weighted by Crippen LogP contribution is 2.33. The van der Waals surface area contributed by atoms with Crippen LogP contribution in [0, 0.1) is 0 Å². The lowest BCUT2D eigenvalue weighted by Crippen LogP contribution is -2.26. The normalized spacial score (nSPS) is 16.6. The van der Waals surface area contributed by atoms with Gasteiger partial charge in [-0.3, -0.25) is 0 Å². The van der Waals surface area contributed by atoms with Crippen molar-refractivity contribution < 1.29 is 14.2 Å². The van der Waals surface area contributed by atoms with Gasteiger partial charge >= 0.3 is 0 Å². The van der Waals surface area contributed by atoms with Crippen LogP contribution in [0.15, 0.2) is 18.2 Å². The molecule has 0 aromatic heterocycles. The van der Waals surface area contributed by atoms with Gasteiger partial charge in [0.1, 0.15) is 0 Å². The van der Waals surface area contributed by atoms with Crippen LogP contribution in [0.25, 0.3) is 0 Å². The fraction of sp³-hybridized carbons (Fsp3) is 0.571. The third-order valence-corrected chi connectivity index (χ3v) is 3.33. The van der Waals surface area contributed by atoms with Crippen LogP contribution >= 0.6 is 0 Å². The molecule has 1 N–H and O–H groups in total. The van der Waals surface area contributed by atoms with E-state index in [0.717, 1.165) is 24.6 Å². The molecule has 1 aromatic rings. The molecule has 0 amide bonds. The maximum absolute atomic E-state index is 5.46. The van der Waals surface area contributed by atoms with E-state index in [-0.39, 0.29) is 6.79 Å². The highest BCUT2D eigenvalue weighted by atomic mass is 16.7. The third-order valence-electron chi connectivity index (χ3n) is 3.33. The smallest absolute Gasteiger partial charge is 0.188 e. The summed E-state index contributed by atoms with van der Waals surface area (Å²) in [5, 5.41) is 3.38. The van der Waals surface area contributed by atoms with Gasteiger partial charge in [0.05, 0.1) is 7.11 Å². The van der Waals surface area contributed by atoms with Crippen molar-refractivity contribution in [3.63, 3.8) is 0 Å². The van der Waals surface area contributed by atoms with E-state index >= 15 is 0 Å². The summed E-state index contributed by atoms with van der Waals surface area (Å²) in [5.74, 6) is 2.14. The zero-order valence-corrected chi connectivity index (χ0v) is 11.1. The Labute approximate surface area is 108 Å². The van der Waals surface area contributed by atoms with E-state index in [0.29, 0.717) is 5.92 Å². The van der Waals surface area contributed by atoms with Crippen LogP contribution in [0.2, 0.25) is 0 Å². The van der Waals surface area contributed by atoms with E-state index in [1.165, 1.54) is 18.4 Å². The van der Waals surface area contributed by atoms with Crippen molar-refractivity contribution in [1.82, 2.24) is 5.32 Å². The Hall–Kier alpha value is -1.26. The van der Waals surface area contributed by atoms with Gasteiger partial charge < -0.3 is 19.5 Å². The van der Waals surface area contributed by atoms with Gasteiger partial charge in [0.2, 0.25) is 0 Å². The molecule has 2 rings (SSSR count). The van der Waals surface area contributed by atoms with E-state index in [9.17, 15) is 0 Å². The topological polar surface area (TPSA) is 39.7 Å². The summed E-state index contributed by atoms with van der Waals surface area (Å²) >= 11 is 0. The summed E-state index contributed by atoms with van der Waals surface area (Å²) in [7, 11) is 3.27. The molecule has 4 nitrogen and oxygen atoms in total. The van der Waals surface area contributed by atoms with Gasteiger partial charge in [-0.2, -0.15) is 0 Å². The van der Waals surface area contributed by atoms with Crippen LogP contribution in [-0.4, -0.2) is 34.1 Å². The van der Waals surface area contributed by atoms with E-state index < -0.39 is 0 Å². The van der Waals surface area contributed by atoms with Crippen molar-refractivity contribution in [3.8, 4) is 11.5 Å². The average molecular weight is 251 g/mol. The minimum absolute atomic E-state index is 0.239. The first-order valence-electron chi connectivity index (χ1n) is 6.35. The minimum atomic E-state index is 0.239. The largest absolute Gasteiger partial charge is 0.493 e. The Balaban J connectivity index is 2.12. The predicted octanol–water partition coefficient (Wildman–Crippen LogP) is 2.14. The number of nitrogens with one attached hydrogen (secondary N) is 1. The van der Waals surface area contributed by atoms with Crippen LogP contribution in [0.4, 0.5) is 0 Å². The predicted molar refractivity (Wildman–Crippen MR) is 70.3 cm³/mol. The van der Waals surface area contributed by atoms with Crippen molar-refractivity contribution in [3.05, 3.63) is 23.8 Å². The van der Waals surface area contributed by atoms with Gasteiger partial charge in [-0.1, -0.05) is 6.07 Å². The Bertz CT molecular complexity index is 375. The highest BCUT2D eigenvalue weighted by molar-refractivity contribution is 5.44. The summed E-state index contributed by atoms with van der Waals surface area (Å²) < 4.78 is 15.7. The van der Waals surface area contributed by atoms with Crippen molar-refractivity contribution in [2.24, 2.45) is 0 Å². The number of piperidine rings is 1. The quantitative estimate of drug-likeness (QED) is 0.814. The fourth-order valence-corrected chi connectivity index (χ4v) is 2.34. The summed E-state index contributed by atoms with van der Waals surface area (Å²) in [6.07, 6.45) is 2.36. The summed E-state index contributed by atoms with van der Waals surface area (Å²) in [6, 6.07) is 6.18. The second-order valence-electron chi connectivity index (χ2n) is 4.49. The summed E-state index contributed by atoms with van der Waals surface area (Å²) in [4.78, 5) is 0. The molecule has 100 valence electrons. The highest BCUT2D eigenvalue weighted by Gasteiger charge is 2.17. The molecule has 1 aliphatic rings. The van der Waals surface area contributed by atoms with Crippen molar-refractivity contribution in [2.45, 2.75) is 18.8 Å². The molecule has 4 heteroatoms. The second-order valence-corrected chi connectivity index (χ2v) is 4.49. The first-order chi connectivity index (χ1) is 8.85. The second kappa shape index (κ2) is 6.61. The van der Waals surface area contributed by atoms with Gasteiger partial charge in [-0.25, -0.2) is 0 Å². The van der Waals surface area contributed by atoms with Gasteiger partial charge in [-0.15, -0.1) is 0 Å². The van der Waals surface area contributed by atoms with Gasteiger partial charge in [0.25, 0.3) is 0 Å². The Kier molecular flexibility index (Phi) is 4.84. The molecule has 0 saturated carbocycles. The number of rotatable bonds is 5. The summed E-state index contributed by atoms with van der Waals surface area (Å²) in [5.41, 5.74) is 1.33. The number of methoxy groups -OCH3 is 2. The Morgan fingerprint density at radius 1 is 1.17 bits per heavy atom. The van der Waals surface area contributed by atoms with E-state index in [4.69, 9.17) is 14.2 Å². The molecule has 0 bridgehead atoms. The number of ether oxygens (including phenoxy) is 3. The monoisotopic (exact) mass is 251 g/mol. The molecule has 1 aliphatic heterocycles. The minimum Gasteiger partial charge on any atom is -0.493 e. The molecule has 0 radical (unpaired) electrons. The zero-order valence-electron chi connectivity index (χ0n) is 11.1. The maximum Gasteiger partial charge on any atom is 0.188 e. The molecule has 1 aromatic carbocycles. The van der Waals surface area contributed by atoms with E-state index in [2.05, 4.69) is 17.4 Å². The van der Waals surface area contributed by atoms with E-state index in [1.807, 2.05) is 6.07 Å². The first-order valence-corrected chi connectivity index (χ1v) is 6.35. The number of benzene rings is 1. The standard InChI is InChI=1S/C14H21NO3/c1-16-10-18-13-4-3-12(9-14(13)17-2)11-5-7-15-8-6-11/h3-4,9,11,15H,5-8,10H2,1-2H3. The van der Waals surface area contributed by atoms with Crippen LogP contribution in [0.5, 0.6) is 11.5 Å². The molecule has 0 unspecified atom stereocenters. The van der Waals surface area contributed by atoms with Crippen LogP contribution < -0.4 is 14.8 Å². The fourth-order valence-electron chi connectivity index (χ4n) is 2.34. The van der Waals surface area contributed by atoms with Crippen molar-refractivity contribution in [2.75, 3.05) is 34.1 Å². The lowest BCUT2D eigenvalue weighted by Gasteiger charge is -2.23. The van der Waals surface area contributed by atoms with Gasteiger partial charge in [-0.05, 0) is 49.5 Å². The molecule has 1 fully saturated rings. The van der Waals surface area contributed by atoms with Crippen LogP contribution in [-0.2, 0) is 4.74 Å². The van der Waals surface area contributed by atoms with Crippen LogP contribution in [0.3, 0.4) is 0 Å². The van der Waals surface area contributed by atoms with Crippen molar-refractivity contribution in [1.29, 1.82) is 0 Å². The van der Waals surface area contributed by atoms with Gasteiger partial charge in [0, 0.05) is 7.11 Å². The Morgan fingerprint density at radius 2 is 1.94 bits per heavy atom. The molecule has 1 saturated heterocycles. The number of hydrogen-bond donors (Lipinski definition) is 1. The third kappa shape index (κ3) is 3.15. The molecule has 1 heterocycles. The Morgan fingerprint density at radius 3 is 2.61 bits per heavy atom. The van der Waals surface area contributed by atoms with Gasteiger partial charge in [0.15, 0.2) is 18.3 Å². The average Bonchev–Trinajstić information content (AvgIpc) is 2.46. The maximum atomic E-state index is 5.46. The molecule has 0 spiro atoms. The summed E-state index contributed by atoms with van der Waals surface area (Å²) in [6.45, 7) is 2.42. The lowest BCUT2D eigenvalue weighted by atomic mass is 9.90. The molecular formula is C14H21NO3. The lowest BCUT2D eigenvalue weighted by molar-refractivity contribution is 0.0491. The molecule has 0 aliphatic carbocycles. The SMILES string of the molecule is COCOc1ccc(C2CCNCC2)cc1OC. The molecular weight excluding hydrogens is 230 g/mol.